The lowest BCUT2D eigenvalue weighted by atomic mass is 9.93. The summed E-state index contributed by atoms with van der Waals surface area (Å²) in [7, 11) is 0. The zero-order valence-electron chi connectivity index (χ0n) is 14.2. The minimum atomic E-state index is -0.162. The maximum atomic E-state index is 14.4. The molecule has 1 aromatic carbocycles. The number of hydrogen-bond acceptors (Lipinski definition) is 2. The van der Waals surface area contributed by atoms with Crippen molar-refractivity contribution in [3.05, 3.63) is 50.8 Å². The number of fused-ring (bicyclic) bond motifs is 3. The van der Waals surface area contributed by atoms with Gasteiger partial charge in [-0.15, -0.1) is 12.4 Å². The van der Waals surface area contributed by atoms with Crippen LogP contribution in [0.1, 0.15) is 43.1 Å². The highest BCUT2D eigenvalue weighted by molar-refractivity contribution is 7.71. The molecule has 1 saturated carbocycles. The molecule has 1 aliphatic carbocycles. The van der Waals surface area contributed by atoms with Crippen molar-refractivity contribution in [2.45, 2.75) is 50.6 Å². The third kappa shape index (κ3) is 3.05. The van der Waals surface area contributed by atoms with Crippen LogP contribution in [0.15, 0.2) is 18.2 Å². The second kappa shape index (κ2) is 6.69. The molecule has 0 bridgehead atoms. The smallest absolute Gasteiger partial charge is 0.177 e. The van der Waals surface area contributed by atoms with Crippen molar-refractivity contribution in [1.29, 1.82) is 0 Å². The van der Waals surface area contributed by atoms with Gasteiger partial charge in [-0.05, 0) is 42.4 Å². The molecule has 0 amide bonds. The summed E-state index contributed by atoms with van der Waals surface area (Å²) in [5.41, 5.74) is 3.04. The lowest BCUT2D eigenvalue weighted by molar-refractivity contribution is 0.530. The zero-order chi connectivity index (χ0) is 17.1. The Morgan fingerprint density at radius 3 is 2.96 bits per heavy atom. The van der Waals surface area contributed by atoms with E-state index in [1.807, 2.05) is 0 Å². The van der Waals surface area contributed by atoms with Gasteiger partial charge < -0.3 is 14.9 Å². The highest BCUT2D eigenvalue weighted by atomic mass is 35.5. The molecule has 2 aromatic rings. The summed E-state index contributed by atoms with van der Waals surface area (Å²) in [6.45, 7) is 5.93. The van der Waals surface area contributed by atoms with Crippen LogP contribution in [0.25, 0.3) is 0 Å². The van der Waals surface area contributed by atoms with Crippen LogP contribution < -0.4 is 5.32 Å². The van der Waals surface area contributed by atoms with Crippen molar-refractivity contribution >= 4 is 36.2 Å². The Balaban J connectivity index is 0.00000182. The number of H-pyrrole nitrogens is 1. The Bertz CT molecular complexity index is 860. The summed E-state index contributed by atoms with van der Waals surface area (Å²) >= 11 is 11.6. The van der Waals surface area contributed by atoms with E-state index in [1.54, 1.807) is 12.1 Å². The number of nitrogens with zero attached hydrogens (tertiary/aromatic N) is 1. The van der Waals surface area contributed by atoms with Gasteiger partial charge in [0.2, 0.25) is 0 Å². The molecule has 3 nitrogen and oxygen atoms in total. The van der Waals surface area contributed by atoms with Crippen LogP contribution in [-0.2, 0) is 18.4 Å². The maximum absolute atomic E-state index is 14.4. The molecular formula is C18H22Cl2FN3S. The van der Waals surface area contributed by atoms with Crippen LogP contribution in [0.3, 0.4) is 0 Å². The molecule has 1 aliphatic heterocycles. The Morgan fingerprint density at radius 1 is 1.48 bits per heavy atom. The number of rotatable bonds is 5. The van der Waals surface area contributed by atoms with Gasteiger partial charge in [0.1, 0.15) is 5.82 Å². The fraction of sp³-hybridized carbons (Fsp3) is 0.500. The molecule has 1 aromatic heterocycles. The zero-order valence-corrected chi connectivity index (χ0v) is 16.6. The van der Waals surface area contributed by atoms with Crippen molar-refractivity contribution in [2.24, 2.45) is 0 Å². The average molecular weight is 402 g/mol. The van der Waals surface area contributed by atoms with E-state index < -0.39 is 0 Å². The minimum Gasteiger partial charge on any atom is -0.334 e. The molecule has 0 saturated heterocycles. The van der Waals surface area contributed by atoms with Gasteiger partial charge in [-0.2, -0.15) is 0 Å². The Kier molecular flexibility index (Phi) is 5.06. The third-order valence-corrected chi connectivity index (χ3v) is 5.90. The van der Waals surface area contributed by atoms with Gasteiger partial charge in [0.25, 0.3) is 0 Å². The second-order valence-electron chi connectivity index (χ2n) is 7.28. The summed E-state index contributed by atoms with van der Waals surface area (Å²) in [5, 5.41) is 4.03. The number of aromatic nitrogens is 2. The number of nitrogens with one attached hydrogen (secondary N) is 2. The van der Waals surface area contributed by atoms with Crippen LogP contribution >= 0.6 is 36.2 Å². The Morgan fingerprint density at radius 2 is 2.24 bits per heavy atom. The van der Waals surface area contributed by atoms with E-state index >= 15 is 0 Å². The van der Waals surface area contributed by atoms with Gasteiger partial charge >= 0.3 is 0 Å². The largest absolute Gasteiger partial charge is 0.334 e. The molecule has 7 heteroatoms. The molecular weight excluding hydrogens is 380 g/mol. The molecule has 2 atom stereocenters. The van der Waals surface area contributed by atoms with Gasteiger partial charge in [0.15, 0.2) is 4.77 Å². The van der Waals surface area contributed by atoms with E-state index in [4.69, 9.17) is 23.8 Å². The van der Waals surface area contributed by atoms with Gasteiger partial charge in [0.05, 0.1) is 0 Å². The number of imidazole rings is 1. The molecule has 2 aliphatic rings. The summed E-state index contributed by atoms with van der Waals surface area (Å²) in [5.74, 6) is 0.179. The lowest BCUT2D eigenvalue weighted by Gasteiger charge is -2.14. The quantitative estimate of drug-likeness (QED) is 0.709. The molecule has 0 radical (unpaired) electrons. The SMILES string of the molecule is CC(C)NCCc1[nH]c(=S)n2c1[C@@H]1C[C@]1(c1cc(Cl)ccc1F)C2.Cl. The van der Waals surface area contributed by atoms with Gasteiger partial charge in [0, 0.05) is 53.3 Å². The van der Waals surface area contributed by atoms with Crippen molar-refractivity contribution < 1.29 is 4.39 Å². The highest BCUT2D eigenvalue weighted by Crippen LogP contribution is 2.66. The number of hydrogen-bond donors (Lipinski definition) is 2. The standard InChI is InChI=1S/C18H21ClFN3S.ClH/c1-10(2)21-6-5-15-16-13-8-18(13,9-23(16)17(24)22-15)12-7-11(19)3-4-14(12)20;/h3-4,7,10,13,21H,5-6,8-9H2,1-2H3,(H,22,24);1H/t13-,18+;/m0./s1. The van der Waals surface area contributed by atoms with Gasteiger partial charge in [-0.1, -0.05) is 25.4 Å². The lowest BCUT2D eigenvalue weighted by Crippen LogP contribution is -2.25. The van der Waals surface area contributed by atoms with Crippen LogP contribution in [0.2, 0.25) is 5.02 Å². The second-order valence-corrected chi connectivity index (χ2v) is 8.10. The van der Waals surface area contributed by atoms with Crippen molar-refractivity contribution in [3.8, 4) is 0 Å². The van der Waals surface area contributed by atoms with E-state index in [2.05, 4.69) is 28.7 Å². The number of aromatic amines is 1. The van der Waals surface area contributed by atoms with Gasteiger partial charge in [-0.3, -0.25) is 0 Å². The van der Waals surface area contributed by atoms with Crippen molar-refractivity contribution in [2.75, 3.05) is 6.54 Å². The molecule has 25 heavy (non-hydrogen) atoms. The first-order valence-electron chi connectivity index (χ1n) is 8.43. The van der Waals surface area contributed by atoms with E-state index in [0.717, 1.165) is 36.3 Å². The van der Waals surface area contributed by atoms with Gasteiger partial charge in [-0.25, -0.2) is 4.39 Å². The Hall–Kier alpha value is -0.880. The molecule has 0 spiro atoms. The first-order valence-corrected chi connectivity index (χ1v) is 9.21. The van der Waals surface area contributed by atoms with Crippen LogP contribution in [0, 0.1) is 10.6 Å². The minimum absolute atomic E-state index is 0. The molecule has 2 N–H and O–H groups in total. The third-order valence-electron chi connectivity index (χ3n) is 5.34. The van der Waals surface area contributed by atoms with Crippen LogP contribution in [0.4, 0.5) is 4.39 Å². The van der Waals surface area contributed by atoms with Crippen LogP contribution in [0.5, 0.6) is 0 Å². The maximum Gasteiger partial charge on any atom is 0.177 e. The molecule has 4 rings (SSSR count). The first kappa shape index (κ1) is 18.9. The predicted molar refractivity (Wildman–Crippen MR) is 104 cm³/mol. The first-order chi connectivity index (χ1) is 11.4. The highest BCUT2D eigenvalue weighted by Gasteiger charge is 2.63. The number of halogens is 3. The average Bonchev–Trinajstić information content (AvgIpc) is 3.01. The number of benzene rings is 1. The molecule has 2 heterocycles. The van der Waals surface area contributed by atoms with E-state index in [9.17, 15) is 4.39 Å². The summed E-state index contributed by atoms with van der Waals surface area (Å²) < 4.78 is 17.3. The van der Waals surface area contributed by atoms with Crippen molar-refractivity contribution in [3.63, 3.8) is 0 Å². The summed E-state index contributed by atoms with van der Waals surface area (Å²) in [4.78, 5) is 3.36. The summed E-state index contributed by atoms with van der Waals surface area (Å²) in [6, 6.07) is 5.34. The van der Waals surface area contributed by atoms with Crippen LogP contribution in [-0.4, -0.2) is 22.1 Å². The monoisotopic (exact) mass is 401 g/mol. The Labute approximate surface area is 163 Å². The summed E-state index contributed by atoms with van der Waals surface area (Å²) in [6.07, 6.45) is 1.89. The van der Waals surface area contributed by atoms with Crippen molar-refractivity contribution in [1.82, 2.24) is 14.9 Å². The molecule has 0 unspecified atom stereocenters. The van der Waals surface area contributed by atoms with E-state index in [-0.39, 0.29) is 23.6 Å². The van der Waals surface area contributed by atoms with E-state index in [1.165, 1.54) is 17.5 Å². The molecule has 1 fully saturated rings. The fourth-order valence-corrected chi connectivity index (χ4v) is 4.61. The normalized spacial score (nSPS) is 23.3. The predicted octanol–water partition coefficient (Wildman–Crippen LogP) is 4.74. The van der Waals surface area contributed by atoms with E-state index in [0.29, 0.717) is 17.0 Å². The fourth-order valence-electron chi connectivity index (χ4n) is 4.15. The topological polar surface area (TPSA) is 32.8 Å². The molecule has 136 valence electrons.